The number of sulfonamides is 1. The van der Waals surface area contributed by atoms with Gasteiger partial charge in [-0.2, -0.15) is 0 Å². The lowest BCUT2D eigenvalue weighted by molar-refractivity contribution is -0.141. The molecule has 0 bridgehead atoms. The third-order valence-corrected chi connectivity index (χ3v) is 5.76. The maximum Gasteiger partial charge on any atom is 0.339 e. The van der Waals surface area contributed by atoms with Crippen LogP contribution in [-0.4, -0.2) is 40.1 Å². The van der Waals surface area contributed by atoms with E-state index in [1.165, 1.54) is 30.3 Å². The lowest BCUT2D eigenvalue weighted by atomic mass is 10.2. The predicted molar refractivity (Wildman–Crippen MR) is 105 cm³/mol. The van der Waals surface area contributed by atoms with E-state index in [-0.39, 0.29) is 34.4 Å². The van der Waals surface area contributed by atoms with E-state index >= 15 is 0 Å². The van der Waals surface area contributed by atoms with Crippen LogP contribution < -0.4 is 4.31 Å². The summed E-state index contributed by atoms with van der Waals surface area (Å²) in [7, 11) is -4.10. The fourth-order valence-corrected chi connectivity index (χ4v) is 4.01. The fourth-order valence-electron chi connectivity index (χ4n) is 2.39. The summed E-state index contributed by atoms with van der Waals surface area (Å²) >= 11 is 6.06. The van der Waals surface area contributed by atoms with E-state index in [4.69, 9.17) is 21.1 Å². The van der Waals surface area contributed by atoms with Gasteiger partial charge >= 0.3 is 11.9 Å². The number of anilines is 1. The molecular weight excluding hydrogens is 406 g/mol. The Bertz CT molecular complexity index is 946. The molecule has 0 unspecified atom stereocenters. The number of hydrogen-bond acceptors (Lipinski definition) is 6. The van der Waals surface area contributed by atoms with Gasteiger partial charge in [0.1, 0.15) is 6.54 Å². The van der Waals surface area contributed by atoms with E-state index < -0.39 is 28.5 Å². The molecule has 0 amide bonds. The normalized spacial score (nSPS) is 11.0. The van der Waals surface area contributed by atoms with Crippen LogP contribution in [0.25, 0.3) is 0 Å². The lowest BCUT2D eigenvalue weighted by Crippen LogP contribution is -2.36. The summed E-state index contributed by atoms with van der Waals surface area (Å²) in [4.78, 5) is 24.2. The second-order valence-corrected chi connectivity index (χ2v) is 7.78. The molecular formula is C19H20ClNO6S. The SMILES string of the molecule is CCOC(=O)CN(c1ccc(Cl)c(C(=O)OCC)c1)S(=O)(=O)c1ccccc1. The standard InChI is InChI=1S/C19H20ClNO6S/c1-3-26-18(22)13-21(28(24,25)15-8-6-5-7-9-15)14-10-11-17(20)16(12-14)19(23)27-4-2/h5-12H,3-4,13H2,1-2H3. The van der Waals surface area contributed by atoms with Gasteiger partial charge in [-0.1, -0.05) is 29.8 Å². The highest BCUT2D eigenvalue weighted by Gasteiger charge is 2.28. The van der Waals surface area contributed by atoms with Gasteiger partial charge in [-0.25, -0.2) is 13.2 Å². The summed E-state index contributed by atoms with van der Waals surface area (Å²) < 4.78 is 37.0. The van der Waals surface area contributed by atoms with Gasteiger partial charge in [0.15, 0.2) is 0 Å². The van der Waals surface area contributed by atoms with E-state index in [9.17, 15) is 18.0 Å². The fraction of sp³-hybridized carbons (Fsp3) is 0.263. The molecule has 0 saturated carbocycles. The number of rotatable bonds is 8. The van der Waals surface area contributed by atoms with Crippen molar-refractivity contribution < 1.29 is 27.5 Å². The van der Waals surface area contributed by atoms with E-state index in [2.05, 4.69) is 0 Å². The van der Waals surface area contributed by atoms with Crippen LogP contribution in [0.3, 0.4) is 0 Å². The Labute approximate surface area is 168 Å². The number of esters is 2. The monoisotopic (exact) mass is 425 g/mol. The predicted octanol–water partition coefficient (Wildman–Crippen LogP) is 3.28. The van der Waals surface area contributed by atoms with Gasteiger partial charge in [0, 0.05) is 0 Å². The molecule has 0 heterocycles. The zero-order valence-corrected chi connectivity index (χ0v) is 17.0. The molecule has 0 radical (unpaired) electrons. The van der Waals surface area contributed by atoms with Crippen LogP contribution >= 0.6 is 11.6 Å². The number of halogens is 1. The largest absolute Gasteiger partial charge is 0.465 e. The maximum absolute atomic E-state index is 13.1. The number of hydrogen-bond donors (Lipinski definition) is 0. The van der Waals surface area contributed by atoms with Gasteiger partial charge in [0.2, 0.25) is 0 Å². The van der Waals surface area contributed by atoms with E-state index in [1.54, 1.807) is 32.0 Å². The van der Waals surface area contributed by atoms with Crippen molar-refractivity contribution in [3.8, 4) is 0 Å². The quantitative estimate of drug-likeness (QED) is 0.603. The Balaban J connectivity index is 2.55. The molecule has 0 aromatic heterocycles. The Morgan fingerprint density at radius 2 is 1.64 bits per heavy atom. The number of carbonyl (C=O) groups excluding carboxylic acids is 2. The average molecular weight is 426 g/mol. The number of benzene rings is 2. The van der Waals surface area contributed by atoms with Crippen molar-refractivity contribution in [3.05, 3.63) is 59.1 Å². The smallest absolute Gasteiger partial charge is 0.339 e. The van der Waals surface area contributed by atoms with Gasteiger partial charge in [-0.15, -0.1) is 0 Å². The van der Waals surface area contributed by atoms with Crippen LogP contribution in [0.1, 0.15) is 24.2 Å². The third-order valence-electron chi connectivity index (χ3n) is 3.64. The van der Waals surface area contributed by atoms with E-state index in [0.29, 0.717) is 0 Å². The van der Waals surface area contributed by atoms with Gasteiger partial charge < -0.3 is 9.47 Å². The zero-order chi connectivity index (χ0) is 20.7. The second-order valence-electron chi connectivity index (χ2n) is 5.51. The number of ether oxygens (including phenoxy) is 2. The molecule has 2 aromatic carbocycles. The van der Waals surface area contributed by atoms with Crippen LogP contribution in [0, 0.1) is 0 Å². The molecule has 2 aromatic rings. The Hall–Kier alpha value is -2.58. The number of carbonyl (C=O) groups is 2. The molecule has 0 saturated heterocycles. The Kier molecular flexibility index (Phi) is 7.42. The van der Waals surface area contributed by atoms with Gasteiger partial charge in [-0.3, -0.25) is 9.10 Å². The molecule has 0 aliphatic heterocycles. The first-order valence-electron chi connectivity index (χ1n) is 8.51. The van der Waals surface area contributed by atoms with E-state index in [0.717, 1.165) is 4.31 Å². The highest BCUT2D eigenvalue weighted by molar-refractivity contribution is 7.92. The molecule has 0 N–H and O–H groups in total. The van der Waals surface area contributed by atoms with Crippen LogP contribution in [0.5, 0.6) is 0 Å². The highest BCUT2D eigenvalue weighted by Crippen LogP contribution is 2.28. The Morgan fingerprint density at radius 1 is 1.00 bits per heavy atom. The molecule has 0 fully saturated rings. The average Bonchev–Trinajstić information content (AvgIpc) is 2.67. The van der Waals surface area contributed by atoms with Crippen LogP contribution in [0.2, 0.25) is 5.02 Å². The summed E-state index contributed by atoms with van der Waals surface area (Å²) in [5.41, 5.74) is 0.0856. The minimum Gasteiger partial charge on any atom is -0.465 e. The first-order chi connectivity index (χ1) is 13.3. The molecule has 7 nitrogen and oxygen atoms in total. The van der Waals surface area contributed by atoms with Crippen molar-refractivity contribution in [2.24, 2.45) is 0 Å². The summed E-state index contributed by atoms with van der Waals surface area (Å²) in [6.07, 6.45) is 0. The van der Waals surface area contributed by atoms with Crippen molar-refractivity contribution in [3.63, 3.8) is 0 Å². The minimum atomic E-state index is -4.10. The Morgan fingerprint density at radius 3 is 2.25 bits per heavy atom. The topological polar surface area (TPSA) is 90.0 Å². The summed E-state index contributed by atoms with van der Waals surface area (Å²) in [6.45, 7) is 2.94. The molecule has 0 atom stereocenters. The summed E-state index contributed by atoms with van der Waals surface area (Å²) in [5.74, 6) is -1.42. The molecule has 0 aliphatic carbocycles. The van der Waals surface area contributed by atoms with Crippen LogP contribution in [0.15, 0.2) is 53.4 Å². The highest BCUT2D eigenvalue weighted by atomic mass is 35.5. The number of nitrogens with zero attached hydrogens (tertiary/aromatic N) is 1. The van der Waals surface area contributed by atoms with Crippen molar-refractivity contribution in [1.29, 1.82) is 0 Å². The molecule has 2 rings (SSSR count). The summed E-state index contributed by atoms with van der Waals surface area (Å²) in [6, 6.07) is 11.7. The van der Waals surface area contributed by atoms with Crippen LogP contribution in [0.4, 0.5) is 5.69 Å². The van der Waals surface area contributed by atoms with Crippen molar-refractivity contribution in [2.45, 2.75) is 18.7 Å². The first kappa shape index (κ1) is 21.7. The minimum absolute atomic E-state index is 0.00172. The van der Waals surface area contributed by atoms with Gasteiger partial charge in [0.05, 0.1) is 34.4 Å². The molecule has 9 heteroatoms. The second kappa shape index (κ2) is 9.57. The maximum atomic E-state index is 13.1. The molecule has 0 aliphatic rings. The summed E-state index contributed by atoms with van der Waals surface area (Å²) in [5, 5.41) is 0.107. The lowest BCUT2D eigenvalue weighted by Gasteiger charge is -2.24. The van der Waals surface area contributed by atoms with E-state index in [1.807, 2.05) is 0 Å². The molecule has 28 heavy (non-hydrogen) atoms. The van der Waals surface area contributed by atoms with Gasteiger partial charge in [-0.05, 0) is 44.2 Å². The third kappa shape index (κ3) is 5.02. The van der Waals surface area contributed by atoms with Gasteiger partial charge in [0.25, 0.3) is 10.0 Å². The molecule has 0 spiro atoms. The zero-order valence-electron chi connectivity index (χ0n) is 15.4. The first-order valence-corrected chi connectivity index (χ1v) is 10.3. The van der Waals surface area contributed by atoms with Crippen molar-refractivity contribution in [2.75, 3.05) is 24.1 Å². The van der Waals surface area contributed by atoms with Crippen molar-refractivity contribution >= 4 is 39.3 Å². The molecule has 150 valence electrons. The van der Waals surface area contributed by atoms with Crippen molar-refractivity contribution in [1.82, 2.24) is 0 Å². The van der Waals surface area contributed by atoms with Crippen LogP contribution in [-0.2, 0) is 24.3 Å².